The third-order valence-corrected chi connectivity index (χ3v) is 5.71. The summed E-state index contributed by atoms with van der Waals surface area (Å²) in [6.07, 6.45) is 0.451. The first kappa shape index (κ1) is 17.4. The molecule has 7 heteroatoms. The monoisotopic (exact) mass is 305 g/mol. The summed E-state index contributed by atoms with van der Waals surface area (Å²) in [7, 11) is -1.09. The van der Waals surface area contributed by atoms with Crippen LogP contribution in [0.2, 0.25) is 0 Å². The molecule has 0 aromatic heterocycles. The molecule has 0 aliphatic carbocycles. The van der Waals surface area contributed by atoms with Crippen molar-refractivity contribution < 1.29 is 13.2 Å². The van der Waals surface area contributed by atoms with E-state index in [1.54, 1.807) is 6.92 Å². The molecule has 1 rings (SSSR count). The molecule has 0 aromatic rings. The van der Waals surface area contributed by atoms with E-state index in [4.69, 9.17) is 0 Å². The molecule has 20 heavy (non-hydrogen) atoms. The molecule has 118 valence electrons. The van der Waals surface area contributed by atoms with Gasteiger partial charge in [-0.1, -0.05) is 6.92 Å². The molecule has 1 atom stereocenters. The minimum atomic E-state index is -2.97. The van der Waals surface area contributed by atoms with Gasteiger partial charge in [-0.15, -0.1) is 0 Å². The molecule has 1 N–H and O–H groups in total. The molecular formula is C13H27N3O3S. The minimum Gasteiger partial charge on any atom is -0.340 e. The number of nitrogens with one attached hydrogen (secondary N) is 1. The molecule has 0 radical (unpaired) electrons. The first-order valence-corrected chi connectivity index (χ1v) is 9.07. The lowest BCUT2D eigenvalue weighted by Gasteiger charge is -2.29. The van der Waals surface area contributed by atoms with Crippen molar-refractivity contribution in [2.45, 2.75) is 26.3 Å². The highest BCUT2D eigenvalue weighted by atomic mass is 32.2. The molecule has 1 amide bonds. The van der Waals surface area contributed by atoms with Gasteiger partial charge in [-0.25, -0.2) is 8.42 Å². The van der Waals surface area contributed by atoms with Crippen LogP contribution < -0.4 is 5.32 Å². The highest BCUT2D eigenvalue weighted by Crippen LogP contribution is 2.04. The number of carbonyl (C=O) groups is 1. The molecule has 0 spiro atoms. The summed E-state index contributed by atoms with van der Waals surface area (Å²) < 4.78 is 23.2. The fourth-order valence-electron chi connectivity index (χ4n) is 2.18. The number of piperazine rings is 1. The van der Waals surface area contributed by atoms with Crippen LogP contribution in [0.15, 0.2) is 0 Å². The minimum absolute atomic E-state index is 0.0595. The first-order chi connectivity index (χ1) is 9.35. The van der Waals surface area contributed by atoms with Gasteiger partial charge in [-0.2, -0.15) is 0 Å². The van der Waals surface area contributed by atoms with Crippen molar-refractivity contribution in [2.24, 2.45) is 0 Å². The molecular weight excluding hydrogens is 278 g/mol. The highest BCUT2D eigenvalue weighted by Gasteiger charge is 2.20. The van der Waals surface area contributed by atoms with Crippen LogP contribution in [-0.4, -0.2) is 81.4 Å². The lowest BCUT2D eigenvalue weighted by atomic mass is 10.2. The number of rotatable bonds is 7. The fourth-order valence-corrected chi connectivity index (χ4v) is 3.40. The standard InChI is InChI=1S/C13H27N3O3S/c1-4-20(18,19)11-12(2)15(3)8-5-13(17)16-9-6-14-7-10-16/h12,14H,4-11H2,1-3H3. The van der Waals surface area contributed by atoms with Crippen molar-refractivity contribution in [1.29, 1.82) is 0 Å². The molecule has 1 unspecified atom stereocenters. The Labute approximate surface area is 122 Å². The topological polar surface area (TPSA) is 69.7 Å². The molecule has 0 saturated carbocycles. The van der Waals surface area contributed by atoms with Crippen molar-refractivity contribution in [3.05, 3.63) is 0 Å². The Morgan fingerprint density at radius 3 is 2.50 bits per heavy atom. The SMILES string of the molecule is CCS(=O)(=O)CC(C)N(C)CCC(=O)N1CCNCC1. The Balaban J connectivity index is 2.34. The van der Waals surface area contributed by atoms with E-state index in [-0.39, 0.29) is 23.5 Å². The van der Waals surface area contributed by atoms with Gasteiger partial charge in [0.15, 0.2) is 9.84 Å². The lowest BCUT2D eigenvalue weighted by Crippen LogP contribution is -2.47. The average molecular weight is 305 g/mol. The predicted octanol–water partition coefficient (Wildman–Crippen LogP) is -0.437. The maximum Gasteiger partial charge on any atom is 0.223 e. The zero-order valence-corrected chi connectivity index (χ0v) is 13.6. The van der Waals surface area contributed by atoms with Crippen LogP contribution in [0, 0.1) is 0 Å². The summed E-state index contributed by atoms with van der Waals surface area (Å²) in [5.74, 6) is 0.482. The van der Waals surface area contributed by atoms with Crippen molar-refractivity contribution in [3.63, 3.8) is 0 Å². The lowest BCUT2D eigenvalue weighted by molar-refractivity contribution is -0.132. The van der Waals surface area contributed by atoms with Gasteiger partial charge >= 0.3 is 0 Å². The van der Waals surface area contributed by atoms with Gasteiger partial charge in [-0.3, -0.25) is 4.79 Å². The zero-order valence-electron chi connectivity index (χ0n) is 12.8. The van der Waals surface area contributed by atoms with Crippen LogP contribution in [0.3, 0.4) is 0 Å². The fraction of sp³-hybridized carbons (Fsp3) is 0.923. The van der Waals surface area contributed by atoms with E-state index in [1.165, 1.54) is 0 Å². The smallest absolute Gasteiger partial charge is 0.223 e. The average Bonchev–Trinajstić information content (AvgIpc) is 2.44. The van der Waals surface area contributed by atoms with Crippen LogP contribution in [-0.2, 0) is 14.6 Å². The molecule has 1 saturated heterocycles. The van der Waals surface area contributed by atoms with Gasteiger partial charge < -0.3 is 15.1 Å². The van der Waals surface area contributed by atoms with E-state index in [0.717, 1.165) is 26.2 Å². The third-order valence-electron chi connectivity index (χ3n) is 3.84. The van der Waals surface area contributed by atoms with Crippen LogP contribution in [0.1, 0.15) is 20.3 Å². The van der Waals surface area contributed by atoms with Gasteiger partial charge in [0.05, 0.1) is 5.75 Å². The van der Waals surface area contributed by atoms with Gasteiger partial charge in [0.2, 0.25) is 5.91 Å². The Morgan fingerprint density at radius 2 is 1.95 bits per heavy atom. The number of nitrogens with zero attached hydrogens (tertiary/aromatic N) is 2. The molecule has 1 heterocycles. The summed E-state index contributed by atoms with van der Waals surface area (Å²) >= 11 is 0. The second-order valence-corrected chi connectivity index (χ2v) is 7.81. The quantitative estimate of drug-likeness (QED) is 0.691. The second kappa shape index (κ2) is 7.95. The molecule has 1 aliphatic heterocycles. The van der Waals surface area contributed by atoms with E-state index in [2.05, 4.69) is 5.32 Å². The number of hydrogen-bond donors (Lipinski definition) is 1. The molecule has 1 aliphatic rings. The van der Waals surface area contributed by atoms with Crippen molar-refractivity contribution in [3.8, 4) is 0 Å². The van der Waals surface area contributed by atoms with E-state index < -0.39 is 9.84 Å². The summed E-state index contributed by atoms with van der Waals surface area (Å²) in [5.41, 5.74) is 0. The Kier molecular flexibility index (Phi) is 6.91. The Morgan fingerprint density at radius 1 is 1.35 bits per heavy atom. The molecule has 0 aromatic carbocycles. The summed E-state index contributed by atoms with van der Waals surface area (Å²) in [6.45, 7) is 7.39. The Bertz CT molecular complexity index is 405. The van der Waals surface area contributed by atoms with E-state index >= 15 is 0 Å². The summed E-state index contributed by atoms with van der Waals surface area (Å²) in [5, 5.41) is 3.21. The maximum absolute atomic E-state index is 12.0. The number of hydrogen-bond acceptors (Lipinski definition) is 5. The van der Waals surface area contributed by atoms with Crippen LogP contribution in [0.25, 0.3) is 0 Å². The van der Waals surface area contributed by atoms with Gasteiger partial charge in [0.25, 0.3) is 0 Å². The van der Waals surface area contributed by atoms with Crippen LogP contribution in [0.4, 0.5) is 0 Å². The van der Waals surface area contributed by atoms with E-state index in [0.29, 0.717) is 13.0 Å². The normalized spacial score (nSPS) is 18.3. The van der Waals surface area contributed by atoms with Crippen molar-refractivity contribution in [1.82, 2.24) is 15.1 Å². The molecule has 1 fully saturated rings. The Hall–Kier alpha value is -0.660. The third kappa shape index (κ3) is 5.76. The first-order valence-electron chi connectivity index (χ1n) is 7.25. The molecule has 6 nitrogen and oxygen atoms in total. The van der Waals surface area contributed by atoms with E-state index in [1.807, 2.05) is 23.8 Å². The highest BCUT2D eigenvalue weighted by molar-refractivity contribution is 7.91. The summed E-state index contributed by atoms with van der Waals surface area (Å²) in [4.78, 5) is 15.8. The zero-order chi connectivity index (χ0) is 15.2. The van der Waals surface area contributed by atoms with Crippen LogP contribution in [0.5, 0.6) is 0 Å². The maximum atomic E-state index is 12.0. The molecule has 0 bridgehead atoms. The van der Waals surface area contributed by atoms with Gasteiger partial charge in [0, 0.05) is 50.9 Å². The van der Waals surface area contributed by atoms with Crippen molar-refractivity contribution in [2.75, 3.05) is 51.3 Å². The second-order valence-electron chi connectivity index (χ2n) is 5.41. The van der Waals surface area contributed by atoms with Gasteiger partial charge in [0.1, 0.15) is 0 Å². The van der Waals surface area contributed by atoms with E-state index in [9.17, 15) is 13.2 Å². The largest absolute Gasteiger partial charge is 0.340 e. The number of sulfone groups is 1. The van der Waals surface area contributed by atoms with Crippen molar-refractivity contribution >= 4 is 15.7 Å². The number of amides is 1. The van der Waals surface area contributed by atoms with Crippen LogP contribution >= 0.6 is 0 Å². The predicted molar refractivity (Wildman–Crippen MR) is 80.5 cm³/mol. The number of carbonyl (C=O) groups excluding carboxylic acids is 1. The summed E-state index contributed by atoms with van der Waals surface area (Å²) in [6, 6.07) is -0.0595. The van der Waals surface area contributed by atoms with Gasteiger partial charge in [-0.05, 0) is 14.0 Å².